The molecule has 0 heterocycles. The van der Waals surface area contributed by atoms with Crippen molar-refractivity contribution < 1.29 is 19.2 Å². The maximum Gasteiger partial charge on any atom is 0.217 e. The zero-order valence-electron chi connectivity index (χ0n) is 21.0. The smallest absolute Gasteiger partial charge is 0.217 e. The molecule has 31 heavy (non-hydrogen) atoms. The van der Waals surface area contributed by atoms with Crippen molar-refractivity contribution in [1.82, 2.24) is 0 Å². The molecule has 2 aromatic carbocycles. The molecule has 0 radical (unpaired) electrons. The van der Waals surface area contributed by atoms with Crippen molar-refractivity contribution in [3.63, 3.8) is 0 Å². The lowest BCUT2D eigenvalue weighted by atomic mass is 9.81. The summed E-state index contributed by atoms with van der Waals surface area (Å²) in [5, 5.41) is 0. The second kappa shape index (κ2) is 10.2. The number of hydrogen-bond acceptors (Lipinski definition) is 3. The Morgan fingerprint density at radius 3 is 2.13 bits per heavy atom. The van der Waals surface area contributed by atoms with Crippen LogP contribution in [0.2, 0.25) is 0 Å². The third-order valence-electron chi connectivity index (χ3n) is 5.70. The summed E-state index contributed by atoms with van der Waals surface area (Å²) in [5.74, 6) is 0.776. The van der Waals surface area contributed by atoms with Crippen LogP contribution in [-0.2, 0) is 16.1 Å². The maximum absolute atomic E-state index is 6.76. The van der Waals surface area contributed by atoms with Gasteiger partial charge in [0.05, 0.1) is 0 Å². The van der Waals surface area contributed by atoms with E-state index < -0.39 is 6.29 Å². The first-order valence-electron chi connectivity index (χ1n) is 11.4. The highest BCUT2D eigenvalue weighted by Gasteiger charge is 2.53. The number of aryl methyl sites for hydroxylation is 1. The van der Waals surface area contributed by atoms with E-state index in [1.165, 1.54) is 16.7 Å². The van der Waals surface area contributed by atoms with Gasteiger partial charge in [-0.15, -0.1) is 4.84 Å². The van der Waals surface area contributed by atoms with Crippen molar-refractivity contribution >= 4 is 0 Å². The molecule has 0 aliphatic heterocycles. The molecule has 2 aromatic rings. The van der Waals surface area contributed by atoms with Crippen molar-refractivity contribution in [2.24, 2.45) is 5.41 Å². The Balaban J connectivity index is 2.64. The topological polar surface area (TPSA) is 27.7 Å². The number of hydroxylamine groups is 4. The number of nitrogens with zero attached hydrogens (tertiary/aromatic N) is 1. The van der Waals surface area contributed by atoms with Crippen LogP contribution >= 0.6 is 0 Å². The average Bonchev–Trinajstić information content (AvgIpc) is 2.64. The molecule has 0 N–H and O–H groups in total. The van der Waals surface area contributed by atoms with E-state index in [1.807, 2.05) is 44.2 Å². The van der Waals surface area contributed by atoms with Crippen LogP contribution < -0.4 is 4.84 Å². The van der Waals surface area contributed by atoms with Crippen molar-refractivity contribution in [3.8, 4) is 5.75 Å². The summed E-state index contributed by atoms with van der Waals surface area (Å²) >= 11 is 0. The first kappa shape index (κ1) is 25.4. The first-order chi connectivity index (χ1) is 14.4. The van der Waals surface area contributed by atoms with E-state index in [0.717, 1.165) is 12.2 Å². The van der Waals surface area contributed by atoms with Crippen LogP contribution in [0.15, 0.2) is 48.5 Å². The average molecular weight is 429 g/mol. The van der Waals surface area contributed by atoms with Crippen LogP contribution in [0.4, 0.5) is 0 Å². The number of para-hydroxylation sites is 1. The molecular formula is C27H42NO3+. The predicted octanol–water partition coefficient (Wildman–Crippen LogP) is 7.14. The minimum Gasteiger partial charge on any atom is -0.348 e. The summed E-state index contributed by atoms with van der Waals surface area (Å²) in [5.41, 5.74) is 3.46. The molecule has 4 nitrogen and oxygen atoms in total. The fraction of sp³-hybridized carbons (Fsp3) is 0.556. The van der Waals surface area contributed by atoms with Crippen LogP contribution in [0.25, 0.3) is 0 Å². The quantitative estimate of drug-likeness (QED) is 0.229. The van der Waals surface area contributed by atoms with Gasteiger partial charge in [-0.25, -0.2) is 0 Å². The van der Waals surface area contributed by atoms with Gasteiger partial charge in [-0.1, -0.05) is 57.2 Å². The molecule has 0 spiro atoms. The van der Waals surface area contributed by atoms with E-state index in [2.05, 4.69) is 66.7 Å². The Kier molecular flexibility index (Phi) is 8.32. The Labute approximate surface area is 189 Å². The van der Waals surface area contributed by atoms with Gasteiger partial charge < -0.3 is 4.74 Å². The number of ether oxygens (including phenoxy) is 1. The second-order valence-corrected chi connectivity index (χ2v) is 10.3. The van der Waals surface area contributed by atoms with Crippen LogP contribution in [-0.4, -0.2) is 23.2 Å². The maximum atomic E-state index is 6.76. The first-order valence-corrected chi connectivity index (χ1v) is 11.4. The zero-order valence-corrected chi connectivity index (χ0v) is 21.0. The fourth-order valence-corrected chi connectivity index (χ4v) is 4.35. The predicted molar refractivity (Wildman–Crippen MR) is 127 cm³/mol. The Bertz CT molecular complexity index is 826. The van der Waals surface area contributed by atoms with E-state index >= 15 is 0 Å². The molecule has 0 bridgehead atoms. The molecule has 172 valence electrons. The molecule has 0 saturated heterocycles. The van der Waals surface area contributed by atoms with E-state index in [1.54, 1.807) is 0 Å². The van der Waals surface area contributed by atoms with E-state index in [4.69, 9.17) is 14.4 Å². The van der Waals surface area contributed by atoms with Crippen LogP contribution in [0.5, 0.6) is 5.75 Å². The van der Waals surface area contributed by atoms with E-state index in [0.29, 0.717) is 13.2 Å². The molecule has 0 aromatic heterocycles. The van der Waals surface area contributed by atoms with Gasteiger partial charge in [0.2, 0.25) is 6.29 Å². The molecule has 2 unspecified atom stereocenters. The lowest BCUT2D eigenvalue weighted by molar-refractivity contribution is -1.27. The van der Waals surface area contributed by atoms with Crippen molar-refractivity contribution in [2.45, 2.75) is 87.1 Å². The van der Waals surface area contributed by atoms with Crippen LogP contribution in [0, 0.1) is 19.3 Å². The molecule has 0 aliphatic carbocycles. The second-order valence-electron chi connectivity index (χ2n) is 10.3. The number of benzene rings is 2. The van der Waals surface area contributed by atoms with Crippen molar-refractivity contribution in [3.05, 3.63) is 65.2 Å². The third-order valence-corrected chi connectivity index (χ3v) is 5.70. The largest absolute Gasteiger partial charge is 0.348 e. The minimum atomic E-state index is -0.418. The molecule has 2 rings (SSSR count). The summed E-state index contributed by atoms with van der Waals surface area (Å²) in [4.78, 5) is 13.4. The number of rotatable bonds is 10. The van der Waals surface area contributed by atoms with Crippen LogP contribution in [0.3, 0.4) is 0 Å². The summed E-state index contributed by atoms with van der Waals surface area (Å²) in [6.07, 6.45) is 0.481. The van der Waals surface area contributed by atoms with Gasteiger partial charge in [-0.2, -0.15) is 0 Å². The van der Waals surface area contributed by atoms with Crippen molar-refractivity contribution in [2.75, 3.05) is 6.61 Å². The van der Waals surface area contributed by atoms with Crippen molar-refractivity contribution in [1.29, 1.82) is 0 Å². The van der Waals surface area contributed by atoms with Gasteiger partial charge in [-0.3, -0.25) is 4.84 Å². The number of hydrogen-bond donors (Lipinski definition) is 0. The van der Waals surface area contributed by atoms with Gasteiger partial charge in [0.15, 0.2) is 17.8 Å². The third kappa shape index (κ3) is 6.80. The lowest BCUT2D eigenvalue weighted by Crippen LogP contribution is -2.65. The van der Waals surface area contributed by atoms with Gasteiger partial charge in [0, 0.05) is 23.4 Å². The Morgan fingerprint density at radius 2 is 1.55 bits per heavy atom. The Hall–Kier alpha value is -1.88. The standard InChI is InChI=1S/C27H42NO3/c1-10-29-23(4)30-28(27(8,9)20-26(5,6)7,31-25-17-12-11-13-18-25)19-24-16-14-15-21(2)22(24)3/h11-18,23H,10,19-20H2,1-9H3/q+1. The fourth-order valence-electron chi connectivity index (χ4n) is 4.35. The highest BCUT2D eigenvalue weighted by atomic mass is 17.0. The highest BCUT2D eigenvalue weighted by molar-refractivity contribution is 5.32. The Morgan fingerprint density at radius 1 is 0.903 bits per heavy atom. The summed E-state index contributed by atoms with van der Waals surface area (Å²) in [6, 6.07) is 16.4. The zero-order chi connectivity index (χ0) is 23.3. The van der Waals surface area contributed by atoms with Gasteiger partial charge in [0.25, 0.3) is 0 Å². The molecule has 0 saturated carbocycles. The van der Waals surface area contributed by atoms with Gasteiger partial charge in [-0.05, 0) is 70.2 Å². The number of quaternary nitrogens is 1. The van der Waals surface area contributed by atoms with E-state index in [9.17, 15) is 0 Å². The van der Waals surface area contributed by atoms with Gasteiger partial charge in [0.1, 0.15) is 0 Å². The molecule has 0 fully saturated rings. The highest BCUT2D eigenvalue weighted by Crippen LogP contribution is 2.40. The monoisotopic (exact) mass is 428 g/mol. The molecular weight excluding hydrogens is 386 g/mol. The molecule has 0 amide bonds. The van der Waals surface area contributed by atoms with Gasteiger partial charge >= 0.3 is 0 Å². The lowest BCUT2D eigenvalue weighted by Gasteiger charge is -2.46. The molecule has 2 atom stereocenters. The summed E-state index contributed by atoms with van der Waals surface area (Å²) in [6.45, 7) is 20.6. The minimum absolute atomic E-state index is 0.0141. The normalized spacial score (nSPS) is 15.4. The van der Waals surface area contributed by atoms with E-state index in [-0.39, 0.29) is 15.8 Å². The molecule has 4 heteroatoms. The molecule has 0 aliphatic rings. The summed E-state index contributed by atoms with van der Waals surface area (Å²) in [7, 11) is 0. The SMILES string of the molecule is CCOC(C)O[N+](Cc1cccc(C)c1C)(Oc1ccccc1)C(C)(C)CC(C)(C)C. The van der Waals surface area contributed by atoms with Crippen LogP contribution in [0.1, 0.15) is 71.6 Å². The summed E-state index contributed by atoms with van der Waals surface area (Å²) < 4.78 is 5.83.